The molecule has 1 aromatic carbocycles. The zero-order valence-electron chi connectivity index (χ0n) is 20.6. The van der Waals surface area contributed by atoms with Gasteiger partial charge in [0.15, 0.2) is 0 Å². The number of nitrogens with one attached hydrogen (secondary N) is 1. The van der Waals surface area contributed by atoms with Crippen molar-refractivity contribution in [3.8, 4) is 23.0 Å². The number of ether oxygens (including phenoxy) is 2. The van der Waals surface area contributed by atoms with Crippen molar-refractivity contribution in [3.63, 3.8) is 0 Å². The number of anilines is 2. The van der Waals surface area contributed by atoms with E-state index < -0.39 is 17.8 Å². The molecule has 1 amide bonds. The van der Waals surface area contributed by atoms with Gasteiger partial charge < -0.3 is 19.7 Å². The van der Waals surface area contributed by atoms with E-state index in [1.807, 2.05) is 19.1 Å². The molecule has 2 aliphatic heterocycles. The predicted molar refractivity (Wildman–Crippen MR) is 136 cm³/mol. The maximum atomic E-state index is 13.0. The van der Waals surface area contributed by atoms with Gasteiger partial charge >= 0.3 is 6.18 Å². The molecule has 1 N–H and O–H groups in total. The summed E-state index contributed by atoms with van der Waals surface area (Å²) in [6, 6.07) is 9.35. The number of benzene rings is 1. The Morgan fingerprint density at radius 3 is 2.58 bits per heavy atom. The van der Waals surface area contributed by atoms with Crippen molar-refractivity contribution in [3.05, 3.63) is 71.3 Å². The molecule has 7 nitrogen and oxygen atoms in total. The minimum Gasteiger partial charge on any atom is -0.379 e. The first-order valence-electron chi connectivity index (χ1n) is 12.2. The van der Waals surface area contributed by atoms with Crippen molar-refractivity contribution in [1.29, 1.82) is 0 Å². The van der Waals surface area contributed by atoms with Gasteiger partial charge in [-0.05, 0) is 54.3 Å². The number of aryl methyl sites for hydroxylation is 1. The fraction of sp³-hybridized carbons (Fsp3) is 0.321. The Hall–Kier alpha value is -3.94. The summed E-state index contributed by atoms with van der Waals surface area (Å²) >= 11 is 0. The number of morpholine rings is 1. The van der Waals surface area contributed by atoms with E-state index in [2.05, 4.69) is 32.0 Å². The normalized spacial score (nSPS) is 15.8. The maximum Gasteiger partial charge on any atom is 0.433 e. The molecular weight excluding hydrogens is 497 g/mol. The zero-order chi connectivity index (χ0) is 26.7. The third-order valence-corrected chi connectivity index (χ3v) is 6.37. The summed E-state index contributed by atoms with van der Waals surface area (Å²) in [6.45, 7) is 5.86. The monoisotopic (exact) mass is 522 g/mol. The number of hydrogen-bond acceptors (Lipinski definition) is 6. The molecule has 196 valence electrons. The fourth-order valence-electron chi connectivity index (χ4n) is 4.17. The van der Waals surface area contributed by atoms with Crippen LogP contribution in [0, 0.1) is 24.7 Å². The minimum absolute atomic E-state index is 0.134. The lowest BCUT2D eigenvalue weighted by Gasteiger charge is -2.30. The highest BCUT2D eigenvalue weighted by molar-refractivity contribution is 6.04. The standard InChI is InChI=1S/C28H25F3N4O3/c1-18-2-4-22(34-27(36)20-6-7-32-26(13-20)28(29,30)31)14-23(18)21-12-25(35-8-10-37-11-9-35)24(33-15-21)5-3-19-16-38-17-19/h2,4,6-7,12-15,19H,8-11,16-17H2,1H3,(H,34,36). The summed E-state index contributed by atoms with van der Waals surface area (Å²) in [6.07, 6.45) is -1.92. The molecule has 2 fully saturated rings. The Balaban J connectivity index is 1.44. The third-order valence-electron chi connectivity index (χ3n) is 6.37. The average Bonchev–Trinajstić information content (AvgIpc) is 2.89. The smallest absolute Gasteiger partial charge is 0.379 e. The van der Waals surface area contributed by atoms with Crippen molar-refractivity contribution in [1.82, 2.24) is 9.97 Å². The predicted octanol–water partition coefficient (Wildman–Crippen LogP) is 4.56. The van der Waals surface area contributed by atoms with E-state index in [9.17, 15) is 18.0 Å². The van der Waals surface area contributed by atoms with Crippen molar-refractivity contribution < 1.29 is 27.4 Å². The molecule has 5 rings (SSSR count). The summed E-state index contributed by atoms with van der Waals surface area (Å²) in [4.78, 5) is 22.9. The van der Waals surface area contributed by atoms with E-state index >= 15 is 0 Å². The van der Waals surface area contributed by atoms with Crippen LogP contribution < -0.4 is 10.2 Å². The van der Waals surface area contributed by atoms with E-state index in [-0.39, 0.29) is 11.5 Å². The molecule has 2 aromatic heterocycles. The molecule has 2 saturated heterocycles. The second-order valence-electron chi connectivity index (χ2n) is 9.11. The van der Waals surface area contributed by atoms with Gasteiger partial charge in [-0.15, -0.1) is 0 Å². The molecule has 0 atom stereocenters. The Bertz CT molecular complexity index is 1400. The van der Waals surface area contributed by atoms with E-state index in [0.29, 0.717) is 50.9 Å². The molecule has 0 aliphatic carbocycles. The maximum absolute atomic E-state index is 13.0. The quantitative estimate of drug-likeness (QED) is 0.507. The van der Waals surface area contributed by atoms with Crippen LogP contribution in [0.25, 0.3) is 11.1 Å². The van der Waals surface area contributed by atoms with Crippen LogP contribution in [0.4, 0.5) is 24.5 Å². The van der Waals surface area contributed by atoms with Crippen LogP contribution >= 0.6 is 0 Å². The Morgan fingerprint density at radius 2 is 1.87 bits per heavy atom. The van der Waals surface area contributed by atoms with Crippen molar-refractivity contribution in [2.24, 2.45) is 5.92 Å². The molecule has 0 bridgehead atoms. The first-order valence-corrected chi connectivity index (χ1v) is 12.2. The van der Waals surface area contributed by atoms with Gasteiger partial charge in [0, 0.05) is 42.3 Å². The average molecular weight is 523 g/mol. The number of aromatic nitrogens is 2. The van der Waals surface area contributed by atoms with Crippen LogP contribution in [0.5, 0.6) is 0 Å². The highest BCUT2D eigenvalue weighted by Gasteiger charge is 2.33. The van der Waals surface area contributed by atoms with Crippen LogP contribution in [0.3, 0.4) is 0 Å². The second kappa shape index (κ2) is 10.8. The zero-order valence-corrected chi connectivity index (χ0v) is 20.6. The van der Waals surface area contributed by atoms with Crippen LogP contribution in [-0.4, -0.2) is 55.4 Å². The minimum atomic E-state index is -4.64. The second-order valence-corrected chi connectivity index (χ2v) is 9.11. The van der Waals surface area contributed by atoms with Gasteiger partial charge in [0.25, 0.3) is 5.91 Å². The van der Waals surface area contributed by atoms with Crippen LogP contribution in [0.2, 0.25) is 0 Å². The number of halogens is 3. The number of carbonyl (C=O) groups is 1. The van der Waals surface area contributed by atoms with E-state index in [1.54, 1.807) is 18.3 Å². The Morgan fingerprint density at radius 1 is 1.08 bits per heavy atom. The number of hydrogen-bond donors (Lipinski definition) is 1. The van der Waals surface area contributed by atoms with Gasteiger partial charge in [0.2, 0.25) is 0 Å². The van der Waals surface area contributed by atoms with Gasteiger partial charge in [-0.25, -0.2) is 4.98 Å². The van der Waals surface area contributed by atoms with Crippen LogP contribution in [0.1, 0.15) is 27.3 Å². The van der Waals surface area contributed by atoms with Gasteiger partial charge in [-0.2, -0.15) is 13.2 Å². The summed E-state index contributed by atoms with van der Waals surface area (Å²) in [5.74, 6) is 5.99. The van der Waals surface area contributed by atoms with Gasteiger partial charge in [-0.3, -0.25) is 9.78 Å². The Labute approximate surface area is 218 Å². The van der Waals surface area contributed by atoms with E-state index in [4.69, 9.17) is 9.47 Å². The first-order chi connectivity index (χ1) is 18.3. The third kappa shape index (κ3) is 5.79. The first kappa shape index (κ1) is 25.7. The molecular formula is C28H25F3N4O3. The largest absolute Gasteiger partial charge is 0.433 e. The van der Waals surface area contributed by atoms with E-state index in [1.165, 1.54) is 6.07 Å². The number of rotatable bonds is 4. The number of nitrogens with zero attached hydrogens (tertiary/aromatic N) is 3. The lowest BCUT2D eigenvalue weighted by Crippen LogP contribution is -2.36. The van der Waals surface area contributed by atoms with Crippen molar-refractivity contribution in [2.45, 2.75) is 13.1 Å². The van der Waals surface area contributed by atoms with Gasteiger partial charge in [0.1, 0.15) is 11.4 Å². The molecule has 10 heteroatoms. The highest BCUT2D eigenvalue weighted by Crippen LogP contribution is 2.32. The molecule has 4 heterocycles. The molecule has 0 saturated carbocycles. The van der Waals surface area contributed by atoms with Gasteiger partial charge in [-0.1, -0.05) is 12.0 Å². The highest BCUT2D eigenvalue weighted by atomic mass is 19.4. The molecule has 38 heavy (non-hydrogen) atoms. The Kier molecular flexibility index (Phi) is 7.31. The SMILES string of the molecule is Cc1ccc(NC(=O)c2ccnc(C(F)(F)F)c2)cc1-c1cnc(C#CC2COC2)c(N2CCOCC2)c1. The molecule has 3 aromatic rings. The number of pyridine rings is 2. The molecule has 2 aliphatic rings. The number of carbonyl (C=O) groups excluding carboxylic acids is 1. The number of alkyl halides is 3. The van der Waals surface area contributed by atoms with Crippen molar-refractivity contribution in [2.75, 3.05) is 49.7 Å². The van der Waals surface area contributed by atoms with E-state index in [0.717, 1.165) is 34.6 Å². The summed E-state index contributed by atoms with van der Waals surface area (Å²) in [5, 5.41) is 2.69. The summed E-state index contributed by atoms with van der Waals surface area (Å²) < 4.78 is 49.8. The summed E-state index contributed by atoms with van der Waals surface area (Å²) in [7, 11) is 0. The lowest BCUT2D eigenvalue weighted by atomic mass is 9.99. The van der Waals surface area contributed by atoms with Crippen LogP contribution in [0.15, 0.2) is 48.8 Å². The van der Waals surface area contributed by atoms with Crippen molar-refractivity contribution >= 4 is 17.3 Å². The summed E-state index contributed by atoms with van der Waals surface area (Å²) in [5.41, 5.74) is 3.40. The topological polar surface area (TPSA) is 76.6 Å². The molecule has 0 radical (unpaired) electrons. The lowest BCUT2D eigenvalue weighted by molar-refractivity contribution is -0.141. The van der Waals surface area contributed by atoms with Gasteiger partial charge in [0.05, 0.1) is 38.0 Å². The fourth-order valence-corrected chi connectivity index (χ4v) is 4.17. The number of amides is 1. The molecule has 0 spiro atoms. The molecule has 0 unspecified atom stereocenters. The van der Waals surface area contributed by atoms with Crippen LogP contribution in [-0.2, 0) is 15.7 Å².